The van der Waals surface area contributed by atoms with Gasteiger partial charge in [-0.2, -0.15) is 0 Å². The highest BCUT2D eigenvalue weighted by Gasteiger charge is 2.29. The van der Waals surface area contributed by atoms with Gasteiger partial charge >= 0.3 is 6.03 Å². The van der Waals surface area contributed by atoms with Gasteiger partial charge in [0.2, 0.25) is 0 Å². The molecule has 1 aromatic carbocycles. The number of anilines is 1. The van der Waals surface area contributed by atoms with Gasteiger partial charge in [-0.3, -0.25) is 0 Å². The Labute approximate surface area is 119 Å². The first-order chi connectivity index (χ1) is 9.45. The molecule has 1 aromatic rings. The summed E-state index contributed by atoms with van der Waals surface area (Å²) >= 11 is 0. The largest absolute Gasteiger partial charge is 0.393 e. The number of hydrogen-bond donors (Lipinski definition) is 3. The fourth-order valence-electron chi connectivity index (χ4n) is 2.38. The summed E-state index contributed by atoms with van der Waals surface area (Å²) < 4.78 is 0. The maximum absolute atomic E-state index is 12.0. The number of aliphatic hydroxyl groups excluding tert-OH is 2. The molecule has 0 aliphatic heterocycles. The molecule has 2 amide bonds. The molecule has 5 heteroatoms. The van der Waals surface area contributed by atoms with E-state index in [-0.39, 0.29) is 12.1 Å². The summed E-state index contributed by atoms with van der Waals surface area (Å²) in [6.45, 7) is 2.36. The van der Waals surface area contributed by atoms with Crippen LogP contribution >= 0.6 is 0 Å². The number of nitrogens with zero attached hydrogens (tertiary/aromatic N) is 1. The second-order valence-corrected chi connectivity index (χ2v) is 5.60. The average molecular weight is 278 g/mol. The fraction of sp³-hybridized carbons (Fsp3) is 0.533. The third-order valence-corrected chi connectivity index (χ3v) is 3.73. The van der Waals surface area contributed by atoms with E-state index < -0.39 is 6.10 Å². The molecule has 0 radical (unpaired) electrons. The standard InChI is InChI=1S/C15H22N2O3/c1-10(18)12-3-5-13(6-4-12)16-15(20)17(2)9-11-7-14(19)8-11/h3-6,10-11,14,18-19H,7-9H2,1-2H3,(H,16,20). The third kappa shape index (κ3) is 3.71. The Morgan fingerprint density at radius 1 is 1.40 bits per heavy atom. The Hall–Kier alpha value is -1.59. The van der Waals surface area contributed by atoms with Crippen LogP contribution in [0.25, 0.3) is 0 Å². The average Bonchev–Trinajstić information content (AvgIpc) is 2.37. The van der Waals surface area contributed by atoms with Crippen LogP contribution in [0.4, 0.5) is 10.5 Å². The molecule has 1 saturated carbocycles. The van der Waals surface area contributed by atoms with Gasteiger partial charge in [0.25, 0.3) is 0 Å². The molecule has 0 spiro atoms. The highest BCUT2D eigenvalue weighted by atomic mass is 16.3. The van der Waals surface area contributed by atoms with Crippen LogP contribution in [0.15, 0.2) is 24.3 Å². The van der Waals surface area contributed by atoms with Crippen molar-refractivity contribution in [3.8, 4) is 0 Å². The van der Waals surface area contributed by atoms with Crippen molar-refractivity contribution >= 4 is 11.7 Å². The lowest BCUT2D eigenvalue weighted by atomic mass is 9.82. The Morgan fingerprint density at radius 2 is 2.00 bits per heavy atom. The fourth-order valence-corrected chi connectivity index (χ4v) is 2.38. The molecular formula is C15H22N2O3. The van der Waals surface area contributed by atoms with Gasteiger partial charge in [-0.1, -0.05) is 12.1 Å². The first-order valence-corrected chi connectivity index (χ1v) is 6.94. The van der Waals surface area contributed by atoms with E-state index in [0.29, 0.717) is 18.2 Å². The molecule has 1 aliphatic rings. The van der Waals surface area contributed by atoms with E-state index >= 15 is 0 Å². The number of aliphatic hydroxyl groups is 2. The van der Waals surface area contributed by atoms with Crippen LogP contribution in [0, 0.1) is 5.92 Å². The molecule has 1 fully saturated rings. The van der Waals surface area contributed by atoms with Crippen LogP contribution in [0.5, 0.6) is 0 Å². The maximum atomic E-state index is 12.0. The summed E-state index contributed by atoms with van der Waals surface area (Å²) in [6, 6.07) is 6.99. The van der Waals surface area contributed by atoms with Crippen molar-refractivity contribution < 1.29 is 15.0 Å². The second kappa shape index (κ2) is 6.24. The van der Waals surface area contributed by atoms with E-state index in [0.717, 1.165) is 18.4 Å². The normalized spacial score (nSPS) is 22.8. The van der Waals surface area contributed by atoms with Crippen LogP contribution in [0.1, 0.15) is 31.4 Å². The van der Waals surface area contributed by atoms with E-state index in [4.69, 9.17) is 0 Å². The summed E-state index contributed by atoms with van der Waals surface area (Å²) in [5.74, 6) is 0.401. The quantitative estimate of drug-likeness (QED) is 0.788. The lowest BCUT2D eigenvalue weighted by Gasteiger charge is -2.34. The van der Waals surface area contributed by atoms with Crippen LogP contribution in [0.3, 0.4) is 0 Å². The molecule has 0 heterocycles. The Balaban J connectivity index is 1.83. The van der Waals surface area contributed by atoms with Crippen molar-refractivity contribution in [2.24, 2.45) is 5.92 Å². The highest BCUT2D eigenvalue weighted by Crippen LogP contribution is 2.27. The van der Waals surface area contributed by atoms with E-state index in [1.165, 1.54) is 0 Å². The Bertz CT molecular complexity index is 453. The van der Waals surface area contributed by atoms with Crippen LogP contribution in [-0.2, 0) is 0 Å². The minimum Gasteiger partial charge on any atom is -0.393 e. The van der Waals surface area contributed by atoms with Gasteiger partial charge in [0, 0.05) is 19.3 Å². The van der Waals surface area contributed by atoms with Gasteiger partial charge in [-0.15, -0.1) is 0 Å². The molecule has 3 N–H and O–H groups in total. The molecule has 1 aliphatic carbocycles. The monoisotopic (exact) mass is 278 g/mol. The van der Waals surface area contributed by atoms with Gasteiger partial charge < -0.3 is 20.4 Å². The van der Waals surface area contributed by atoms with Gasteiger partial charge in [0.05, 0.1) is 12.2 Å². The van der Waals surface area contributed by atoms with Crippen molar-refractivity contribution in [2.45, 2.75) is 32.0 Å². The van der Waals surface area contributed by atoms with E-state index in [2.05, 4.69) is 5.32 Å². The number of carbonyl (C=O) groups is 1. The molecule has 20 heavy (non-hydrogen) atoms. The summed E-state index contributed by atoms with van der Waals surface area (Å²) in [5, 5.41) is 21.5. The zero-order chi connectivity index (χ0) is 14.7. The number of carbonyl (C=O) groups excluding carboxylic acids is 1. The lowest BCUT2D eigenvalue weighted by Crippen LogP contribution is -2.41. The minimum atomic E-state index is -0.507. The first kappa shape index (κ1) is 14.8. The summed E-state index contributed by atoms with van der Waals surface area (Å²) in [4.78, 5) is 13.6. The van der Waals surface area contributed by atoms with Crippen molar-refractivity contribution in [1.82, 2.24) is 4.90 Å². The lowest BCUT2D eigenvalue weighted by molar-refractivity contribution is 0.0332. The topological polar surface area (TPSA) is 72.8 Å². The van der Waals surface area contributed by atoms with Gasteiger partial charge in [0.15, 0.2) is 0 Å². The number of urea groups is 1. The van der Waals surface area contributed by atoms with Gasteiger partial charge in [-0.25, -0.2) is 4.79 Å². The van der Waals surface area contributed by atoms with Crippen molar-refractivity contribution in [2.75, 3.05) is 18.9 Å². The zero-order valence-electron chi connectivity index (χ0n) is 11.9. The smallest absolute Gasteiger partial charge is 0.321 e. The van der Waals surface area contributed by atoms with Crippen molar-refractivity contribution in [1.29, 1.82) is 0 Å². The molecule has 5 nitrogen and oxygen atoms in total. The number of hydrogen-bond acceptors (Lipinski definition) is 3. The van der Waals surface area contributed by atoms with E-state index in [1.807, 2.05) is 0 Å². The zero-order valence-corrected chi connectivity index (χ0v) is 11.9. The SMILES string of the molecule is CC(O)c1ccc(NC(=O)N(C)CC2CC(O)C2)cc1. The van der Waals surface area contributed by atoms with E-state index in [1.54, 1.807) is 43.1 Å². The third-order valence-electron chi connectivity index (χ3n) is 3.73. The predicted octanol–water partition coefficient (Wildman–Crippen LogP) is 1.97. The van der Waals surface area contributed by atoms with Crippen molar-refractivity contribution in [3.05, 3.63) is 29.8 Å². The molecule has 1 unspecified atom stereocenters. The number of nitrogens with one attached hydrogen (secondary N) is 1. The molecule has 0 bridgehead atoms. The number of benzene rings is 1. The van der Waals surface area contributed by atoms with Crippen LogP contribution in [-0.4, -0.2) is 40.8 Å². The maximum Gasteiger partial charge on any atom is 0.321 e. The minimum absolute atomic E-state index is 0.156. The van der Waals surface area contributed by atoms with Crippen molar-refractivity contribution in [3.63, 3.8) is 0 Å². The molecule has 110 valence electrons. The summed E-state index contributed by atoms with van der Waals surface area (Å²) in [5.41, 5.74) is 1.53. The highest BCUT2D eigenvalue weighted by molar-refractivity contribution is 5.89. The Kier molecular flexibility index (Phi) is 4.62. The van der Waals surface area contributed by atoms with Crippen LogP contribution < -0.4 is 5.32 Å². The Morgan fingerprint density at radius 3 is 2.50 bits per heavy atom. The molecule has 2 rings (SSSR count). The molecule has 0 saturated heterocycles. The van der Waals surface area contributed by atoms with Gasteiger partial charge in [-0.05, 0) is 43.4 Å². The molecule has 1 atom stereocenters. The number of amides is 2. The first-order valence-electron chi connectivity index (χ1n) is 6.94. The second-order valence-electron chi connectivity index (χ2n) is 5.60. The predicted molar refractivity (Wildman–Crippen MR) is 77.5 cm³/mol. The van der Waals surface area contributed by atoms with Crippen LogP contribution in [0.2, 0.25) is 0 Å². The summed E-state index contributed by atoms with van der Waals surface area (Å²) in [7, 11) is 1.75. The van der Waals surface area contributed by atoms with Gasteiger partial charge in [0.1, 0.15) is 0 Å². The molecular weight excluding hydrogens is 256 g/mol. The number of rotatable bonds is 4. The van der Waals surface area contributed by atoms with E-state index in [9.17, 15) is 15.0 Å². The summed E-state index contributed by atoms with van der Waals surface area (Å²) in [6.07, 6.45) is 0.860. The molecule has 0 aromatic heterocycles.